The molecule has 0 unspecified atom stereocenters. The SMILES string of the molecule is CCc1cc(NC(=O)C(=O)O)ccc1N. The molecular formula is C10H12N2O3. The summed E-state index contributed by atoms with van der Waals surface area (Å²) in [6.45, 7) is 1.93. The van der Waals surface area contributed by atoms with Crippen LogP contribution in [0.5, 0.6) is 0 Å². The molecule has 5 nitrogen and oxygen atoms in total. The molecule has 0 saturated carbocycles. The Kier molecular flexibility index (Phi) is 3.28. The molecule has 0 aliphatic heterocycles. The number of carboxylic acids is 1. The van der Waals surface area contributed by atoms with Crippen molar-refractivity contribution < 1.29 is 14.7 Å². The van der Waals surface area contributed by atoms with Crippen molar-refractivity contribution in [3.05, 3.63) is 23.8 Å². The molecule has 0 spiro atoms. The molecule has 0 aliphatic carbocycles. The minimum Gasteiger partial charge on any atom is -0.474 e. The number of carbonyl (C=O) groups is 2. The van der Waals surface area contributed by atoms with Gasteiger partial charge >= 0.3 is 11.9 Å². The summed E-state index contributed by atoms with van der Waals surface area (Å²) in [5.74, 6) is -2.56. The summed E-state index contributed by atoms with van der Waals surface area (Å²) < 4.78 is 0. The first-order valence-corrected chi connectivity index (χ1v) is 4.47. The third-order valence-electron chi connectivity index (χ3n) is 1.98. The number of aliphatic carboxylic acids is 1. The Balaban J connectivity index is 2.87. The van der Waals surface area contributed by atoms with Gasteiger partial charge in [0.15, 0.2) is 0 Å². The number of rotatable bonds is 2. The van der Waals surface area contributed by atoms with Gasteiger partial charge in [0.05, 0.1) is 0 Å². The Morgan fingerprint density at radius 3 is 2.67 bits per heavy atom. The van der Waals surface area contributed by atoms with Crippen molar-refractivity contribution in [3.63, 3.8) is 0 Å². The predicted octanol–water partition coefficient (Wildman–Crippen LogP) is 0.854. The molecule has 0 atom stereocenters. The van der Waals surface area contributed by atoms with Gasteiger partial charge in [0, 0.05) is 11.4 Å². The van der Waals surface area contributed by atoms with E-state index in [1.54, 1.807) is 18.2 Å². The molecule has 80 valence electrons. The number of hydrogen-bond donors (Lipinski definition) is 3. The van der Waals surface area contributed by atoms with Crippen molar-refractivity contribution in [2.75, 3.05) is 11.1 Å². The van der Waals surface area contributed by atoms with Gasteiger partial charge in [0.1, 0.15) is 0 Å². The Bertz CT molecular complexity index is 402. The van der Waals surface area contributed by atoms with Gasteiger partial charge in [0.2, 0.25) is 0 Å². The zero-order chi connectivity index (χ0) is 11.4. The lowest BCUT2D eigenvalue weighted by Crippen LogP contribution is -2.21. The highest BCUT2D eigenvalue weighted by Crippen LogP contribution is 2.18. The summed E-state index contributed by atoms with van der Waals surface area (Å²) in [5, 5.41) is 10.6. The zero-order valence-corrected chi connectivity index (χ0v) is 8.28. The molecule has 0 fully saturated rings. The number of nitrogens with one attached hydrogen (secondary N) is 1. The third-order valence-corrected chi connectivity index (χ3v) is 1.98. The predicted molar refractivity (Wildman–Crippen MR) is 56.5 cm³/mol. The number of carbonyl (C=O) groups excluding carboxylic acids is 1. The number of anilines is 2. The molecule has 1 aromatic rings. The molecular weight excluding hydrogens is 196 g/mol. The maximum absolute atomic E-state index is 10.9. The molecule has 0 bridgehead atoms. The van der Waals surface area contributed by atoms with Crippen LogP contribution in [0.2, 0.25) is 0 Å². The second-order valence-corrected chi connectivity index (χ2v) is 3.03. The molecule has 5 heteroatoms. The maximum Gasteiger partial charge on any atom is 0.394 e. The van der Waals surface area contributed by atoms with Crippen molar-refractivity contribution >= 4 is 23.3 Å². The second-order valence-electron chi connectivity index (χ2n) is 3.03. The zero-order valence-electron chi connectivity index (χ0n) is 8.28. The molecule has 0 aliphatic rings. The number of nitrogen functional groups attached to an aromatic ring is 1. The fourth-order valence-electron chi connectivity index (χ4n) is 1.17. The summed E-state index contributed by atoms with van der Waals surface area (Å²) >= 11 is 0. The first-order chi connectivity index (χ1) is 7.04. The number of aryl methyl sites for hydroxylation is 1. The van der Waals surface area contributed by atoms with Crippen LogP contribution in [0.3, 0.4) is 0 Å². The van der Waals surface area contributed by atoms with Crippen LogP contribution >= 0.6 is 0 Å². The Hall–Kier alpha value is -2.04. The lowest BCUT2D eigenvalue weighted by molar-refractivity contribution is -0.147. The lowest BCUT2D eigenvalue weighted by atomic mass is 10.1. The summed E-state index contributed by atoms with van der Waals surface area (Å²) in [7, 11) is 0. The summed E-state index contributed by atoms with van der Waals surface area (Å²) in [5.41, 5.74) is 7.60. The van der Waals surface area contributed by atoms with Crippen LogP contribution in [-0.2, 0) is 16.0 Å². The number of hydrogen-bond acceptors (Lipinski definition) is 3. The lowest BCUT2D eigenvalue weighted by Gasteiger charge is -2.06. The van der Waals surface area contributed by atoms with Crippen molar-refractivity contribution in [2.45, 2.75) is 13.3 Å². The molecule has 0 radical (unpaired) electrons. The minimum absolute atomic E-state index is 0.438. The highest BCUT2D eigenvalue weighted by atomic mass is 16.4. The van der Waals surface area contributed by atoms with E-state index in [0.717, 1.165) is 12.0 Å². The van der Waals surface area contributed by atoms with Gasteiger partial charge in [-0.1, -0.05) is 6.92 Å². The van der Waals surface area contributed by atoms with Gasteiger partial charge in [-0.15, -0.1) is 0 Å². The van der Waals surface area contributed by atoms with Gasteiger partial charge in [-0.25, -0.2) is 4.79 Å². The first-order valence-electron chi connectivity index (χ1n) is 4.47. The van der Waals surface area contributed by atoms with Crippen molar-refractivity contribution in [2.24, 2.45) is 0 Å². The normalized spacial score (nSPS) is 9.67. The quantitative estimate of drug-likeness (QED) is 0.496. The Morgan fingerprint density at radius 2 is 2.13 bits per heavy atom. The van der Waals surface area contributed by atoms with Crippen LogP contribution in [0, 0.1) is 0 Å². The highest BCUT2D eigenvalue weighted by molar-refractivity contribution is 6.36. The van der Waals surface area contributed by atoms with E-state index >= 15 is 0 Å². The van der Waals surface area contributed by atoms with Crippen LogP contribution in [-0.4, -0.2) is 17.0 Å². The minimum atomic E-state index is -1.51. The summed E-state index contributed by atoms with van der Waals surface area (Å²) in [6.07, 6.45) is 0.725. The average Bonchev–Trinajstić information content (AvgIpc) is 2.20. The van der Waals surface area contributed by atoms with E-state index in [-0.39, 0.29) is 0 Å². The van der Waals surface area contributed by atoms with Gasteiger partial charge < -0.3 is 16.2 Å². The van der Waals surface area contributed by atoms with E-state index in [4.69, 9.17) is 10.8 Å². The van der Waals surface area contributed by atoms with E-state index in [1.807, 2.05) is 6.92 Å². The van der Waals surface area contributed by atoms with Crippen molar-refractivity contribution in [1.82, 2.24) is 0 Å². The first kappa shape index (κ1) is 11.0. The van der Waals surface area contributed by atoms with Crippen molar-refractivity contribution in [3.8, 4) is 0 Å². The molecule has 0 saturated heterocycles. The van der Waals surface area contributed by atoms with E-state index in [2.05, 4.69) is 5.32 Å². The third kappa shape index (κ3) is 2.70. The monoisotopic (exact) mass is 208 g/mol. The van der Waals surface area contributed by atoms with Crippen molar-refractivity contribution in [1.29, 1.82) is 0 Å². The molecule has 4 N–H and O–H groups in total. The van der Waals surface area contributed by atoms with E-state index in [0.29, 0.717) is 11.4 Å². The number of carboxylic acid groups (broad SMARTS) is 1. The van der Waals surface area contributed by atoms with E-state index < -0.39 is 11.9 Å². The molecule has 0 heterocycles. The number of nitrogens with two attached hydrogens (primary N) is 1. The van der Waals surface area contributed by atoms with Gasteiger partial charge in [0.25, 0.3) is 0 Å². The van der Waals surface area contributed by atoms with Gasteiger partial charge in [-0.3, -0.25) is 4.79 Å². The van der Waals surface area contributed by atoms with Gasteiger partial charge in [-0.2, -0.15) is 0 Å². The fourth-order valence-corrected chi connectivity index (χ4v) is 1.17. The summed E-state index contributed by atoms with van der Waals surface area (Å²) in [6, 6.07) is 4.86. The molecule has 1 amide bonds. The molecule has 0 aromatic heterocycles. The highest BCUT2D eigenvalue weighted by Gasteiger charge is 2.11. The average molecular weight is 208 g/mol. The molecule has 1 rings (SSSR count). The van der Waals surface area contributed by atoms with Crippen LogP contribution in [0.25, 0.3) is 0 Å². The maximum atomic E-state index is 10.9. The second kappa shape index (κ2) is 4.45. The Labute approximate surface area is 86.9 Å². The van der Waals surface area contributed by atoms with Crippen LogP contribution in [0.15, 0.2) is 18.2 Å². The number of benzene rings is 1. The van der Waals surface area contributed by atoms with Crippen LogP contribution in [0.4, 0.5) is 11.4 Å². The molecule has 1 aromatic carbocycles. The molecule has 15 heavy (non-hydrogen) atoms. The fraction of sp³-hybridized carbons (Fsp3) is 0.200. The van der Waals surface area contributed by atoms with Crippen LogP contribution < -0.4 is 11.1 Å². The topological polar surface area (TPSA) is 92.4 Å². The Morgan fingerprint density at radius 1 is 1.47 bits per heavy atom. The number of amides is 1. The summed E-state index contributed by atoms with van der Waals surface area (Å²) in [4.78, 5) is 21.1. The largest absolute Gasteiger partial charge is 0.474 e. The van der Waals surface area contributed by atoms with E-state index in [1.165, 1.54) is 0 Å². The smallest absolute Gasteiger partial charge is 0.394 e. The van der Waals surface area contributed by atoms with E-state index in [9.17, 15) is 9.59 Å². The van der Waals surface area contributed by atoms with Gasteiger partial charge in [-0.05, 0) is 30.2 Å². The van der Waals surface area contributed by atoms with Crippen LogP contribution in [0.1, 0.15) is 12.5 Å². The standard InChI is InChI=1S/C10H12N2O3/c1-2-6-5-7(3-4-8(6)11)12-9(13)10(14)15/h3-5H,2,11H2,1H3,(H,12,13)(H,14,15).